The van der Waals surface area contributed by atoms with Crippen molar-refractivity contribution >= 4 is 23.2 Å². The summed E-state index contributed by atoms with van der Waals surface area (Å²) in [5.74, 6) is 0.788. The summed E-state index contributed by atoms with van der Waals surface area (Å²) in [5, 5.41) is 5.32. The molecular formula is C14H16ClN2O2+. The van der Waals surface area contributed by atoms with Gasteiger partial charge in [-0.05, 0) is 37.3 Å². The Morgan fingerprint density at radius 2 is 2.26 bits per heavy atom. The van der Waals surface area contributed by atoms with Crippen LogP contribution in [0.5, 0.6) is 0 Å². The third-order valence-electron chi connectivity index (χ3n) is 2.76. The number of nitrogens with one attached hydrogen (secondary N) is 1. The van der Waals surface area contributed by atoms with E-state index in [1.165, 1.54) is 0 Å². The lowest BCUT2D eigenvalue weighted by Gasteiger charge is -2.08. The highest BCUT2D eigenvalue weighted by atomic mass is 35.5. The first-order valence-electron chi connectivity index (χ1n) is 6.07. The quantitative estimate of drug-likeness (QED) is 0.881. The zero-order valence-electron chi connectivity index (χ0n) is 10.6. The fourth-order valence-corrected chi connectivity index (χ4v) is 1.92. The molecule has 1 aromatic heterocycles. The van der Waals surface area contributed by atoms with Crippen LogP contribution in [0.4, 0.5) is 5.69 Å². The van der Waals surface area contributed by atoms with E-state index in [2.05, 4.69) is 5.32 Å². The molecule has 0 aliphatic carbocycles. The maximum absolute atomic E-state index is 11.8. The largest absolute Gasteiger partial charge is 0.463 e. The number of halogens is 1. The SMILES string of the molecule is C[C@H]([NH2+]CC(=O)Nc1cccc(Cl)c1)c1ccco1. The van der Waals surface area contributed by atoms with Crippen molar-refractivity contribution in [3.63, 3.8) is 0 Å². The first kappa shape index (κ1) is 13.6. The van der Waals surface area contributed by atoms with Crippen molar-refractivity contribution in [3.8, 4) is 0 Å². The molecule has 1 amide bonds. The summed E-state index contributed by atoms with van der Waals surface area (Å²) < 4.78 is 5.28. The van der Waals surface area contributed by atoms with Crippen LogP contribution in [0.1, 0.15) is 18.7 Å². The molecule has 1 atom stereocenters. The van der Waals surface area contributed by atoms with Gasteiger partial charge < -0.3 is 15.1 Å². The molecule has 4 nitrogen and oxygen atoms in total. The molecule has 0 aliphatic heterocycles. The molecule has 0 aliphatic rings. The van der Waals surface area contributed by atoms with Gasteiger partial charge in [-0.1, -0.05) is 17.7 Å². The Morgan fingerprint density at radius 3 is 2.95 bits per heavy atom. The molecule has 0 saturated heterocycles. The topological polar surface area (TPSA) is 58.9 Å². The molecule has 3 N–H and O–H groups in total. The van der Waals surface area contributed by atoms with Gasteiger partial charge >= 0.3 is 0 Å². The van der Waals surface area contributed by atoms with Gasteiger partial charge in [0, 0.05) is 10.7 Å². The molecule has 19 heavy (non-hydrogen) atoms. The monoisotopic (exact) mass is 279 g/mol. The number of quaternary nitrogens is 1. The molecule has 1 aromatic carbocycles. The fraction of sp³-hybridized carbons (Fsp3) is 0.214. The minimum absolute atomic E-state index is 0.0688. The molecule has 0 bridgehead atoms. The average molecular weight is 280 g/mol. The van der Waals surface area contributed by atoms with Gasteiger partial charge in [0.25, 0.3) is 5.91 Å². The summed E-state index contributed by atoms with van der Waals surface area (Å²) >= 11 is 5.85. The molecule has 1 heterocycles. The number of benzene rings is 1. The highest BCUT2D eigenvalue weighted by Crippen LogP contribution is 2.14. The number of carbonyl (C=O) groups excluding carboxylic acids is 1. The number of hydrogen-bond acceptors (Lipinski definition) is 2. The predicted octanol–water partition coefficient (Wildman–Crippen LogP) is 2.20. The van der Waals surface area contributed by atoms with E-state index >= 15 is 0 Å². The van der Waals surface area contributed by atoms with Crippen molar-refractivity contribution in [2.24, 2.45) is 0 Å². The highest BCUT2D eigenvalue weighted by Gasteiger charge is 2.13. The van der Waals surface area contributed by atoms with Gasteiger partial charge in [-0.3, -0.25) is 4.79 Å². The van der Waals surface area contributed by atoms with Crippen LogP contribution < -0.4 is 10.6 Å². The van der Waals surface area contributed by atoms with Gasteiger partial charge in [0.1, 0.15) is 6.04 Å². The molecule has 0 saturated carbocycles. The Labute approximate surface area is 116 Å². The Morgan fingerprint density at radius 1 is 1.42 bits per heavy atom. The number of hydrogen-bond donors (Lipinski definition) is 2. The second kappa shape index (κ2) is 6.41. The Balaban J connectivity index is 1.82. The number of nitrogens with two attached hydrogens (primary N) is 1. The third kappa shape index (κ3) is 4.12. The number of rotatable bonds is 5. The number of furan rings is 1. The molecule has 100 valence electrons. The number of carbonyl (C=O) groups is 1. The lowest BCUT2D eigenvalue weighted by Crippen LogP contribution is -2.86. The normalized spacial score (nSPS) is 12.1. The first-order valence-corrected chi connectivity index (χ1v) is 6.45. The summed E-state index contributed by atoms with van der Waals surface area (Å²) in [6.45, 7) is 2.32. The molecular weight excluding hydrogens is 264 g/mol. The van der Waals surface area contributed by atoms with Crippen LogP contribution in [0.2, 0.25) is 5.02 Å². The van der Waals surface area contributed by atoms with Crippen molar-refractivity contribution < 1.29 is 14.5 Å². The van der Waals surface area contributed by atoms with E-state index in [9.17, 15) is 4.79 Å². The summed E-state index contributed by atoms with van der Waals surface area (Å²) in [6, 6.07) is 10.9. The maximum atomic E-state index is 11.8. The lowest BCUT2D eigenvalue weighted by molar-refractivity contribution is -0.684. The van der Waals surface area contributed by atoms with Crippen LogP contribution in [0, 0.1) is 0 Å². The van der Waals surface area contributed by atoms with Crippen molar-refractivity contribution in [2.45, 2.75) is 13.0 Å². The van der Waals surface area contributed by atoms with E-state index in [4.69, 9.17) is 16.0 Å². The van der Waals surface area contributed by atoms with Gasteiger partial charge in [0.05, 0.1) is 6.26 Å². The molecule has 2 rings (SSSR count). The van der Waals surface area contributed by atoms with E-state index in [1.54, 1.807) is 30.5 Å². The van der Waals surface area contributed by atoms with Gasteiger partial charge in [-0.15, -0.1) is 0 Å². The van der Waals surface area contributed by atoms with Crippen LogP contribution in [0.25, 0.3) is 0 Å². The molecule has 0 fully saturated rings. The summed E-state index contributed by atoms with van der Waals surface area (Å²) in [6.07, 6.45) is 1.63. The van der Waals surface area contributed by atoms with Crippen LogP contribution >= 0.6 is 11.6 Å². The maximum Gasteiger partial charge on any atom is 0.279 e. The Kier molecular flexibility index (Phi) is 4.60. The van der Waals surface area contributed by atoms with Crippen molar-refractivity contribution in [1.29, 1.82) is 0 Å². The van der Waals surface area contributed by atoms with Crippen molar-refractivity contribution in [2.75, 3.05) is 11.9 Å². The molecule has 0 unspecified atom stereocenters. The summed E-state index contributed by atoms with van der Waals surface area (Å²) in [5.41, 5.74) is 0.705. The minimum atomic E-state index is -0.0688. The van der Waals surface area contributed by atoms with Crippen molar-refractivity contribution in [3.05, 3.63) is 53.4 Å². The third-order valence-corrected chi connectivity index (χ3v) is 2.99. The van der Waals surface area contributed by atoms with Crippen molar-refractivity contribution in [1.82, 2.24) is 0 Å². The van der Waals surface area contributed by atoms with E-state index in [0.717, 1.165) is 5.76 Å². The van der Waals surface area contributed by atoms with E-state index in [0.29, 0.717) is 17.3 Å². The smallest absolute Gasteiger partial charge is 0.279 e. The Bertz CT molecular complexity index is 540. The summed E-state index contributed by atoms with van der Waals surface area (Å²) in [4.78, 5) is 11.8. The zero-order chi connectivity index (χ0) is 13.7. The van der Waals surface area contributed by atoms with Crippen LogP contribution in [0.15, 0.2) is 47.1 Å². The van der Waals surface area contributed by atoms with E-state index in [-0.39, 0.29) is 11.9 Å². The standard InChI is InChI=1S/C14H15ClN2O2/c1-10(13-6-3-7-19-13)16-9-14(18)17-12-5-2-4-11(15)8-12/h2-8,10,16H,9H2,1H3,(H,17,18)/p+1/t10-/m0/s1. The van der Waals surface area contributed by atoms with E-state index < -0.39 is 0 Å². The Hall–Kier alpha value is -1.78. The average Bonchev–Trinajstić information content (AvgIpc) is 2.90. The lowest BCUT2D eigenvalue weighted by atomic mass is 10.2. The minimum Gasteiger partial charge on any atom is -0.463 e. The molecule has 2 aromatic rings. The van der Waals surface area contributed by atoms with Gasteiger partial charge in [0.2, 0.25) is 0 Å². The van der Waals surface area contributed by atoms with Gasteiger partial charge in [-0.2, -0.15) is 0 Å². The van der Waals surface area contributed by atoms with Crippen LogP contribution in [-0.2, 0) is 4.79 Å². The van der Waals surface area contributed by atoms with Gasteiger partial charge in [0.15, 0.2) is 12.3 Å². The molecule has 0 radical (unpaired) electrons. The molecule has 0 spiro atoms. The number of anilines is 1. The van der Waals surface area contributed by atoms with Crippen LogP contribution in [-0.4, -0.2) is 12.5 Å². The van der Waals surface area contributed by atoms with Crippen LogP contribution in [0.3, 0.4) is 0 Å². The van der Waals surface area contributed by atoms with Gasteiger partial charge in [-0.25, -0.2) is 0 Å². The highest BCUT2D eigenvalue weighted by molar-refractivity contribution is 6.30. The zero-order valence-corrected chi connectivity index (χ0v) is 11.4. The second-order valence-corrected chi connectivity index (χ2v) is 4.74. The molecule has 5 heteroatoms. The second-order valence-electron chi connectivity index (χ2n) is 4.30. The first-order chi connectivity index (χ1) is 9.15. The predicted molar refractivity (Wildman–Crippen MR) is 74.0 cm³/mol. The fourth-order valence-electron chi connectivity index (χ4n) is 1.73. The number of amides is 1. The summed E-state index contributed by atoms with van der Waals surface area (Å²) in [7, 11) is 0. The van der Waals surface area contributed by atoms with E-state index in [1.807, 2.05) is 24.4 Å².